The van der Waals surface area contributed by atoms with Gasteiger partial charge in [-0.25, -0.2) is 14.6 Å². The van der Waals surface area contributed by atoms with Gasteiger partial charge in [0.25, 0.3) is 0 Å². The van der Waals surface area contributed by atoms with Crippen LogP contribution < -0.4 is 14.5 Å². The number of anilines is 2. The van der Waals surface area contributed by atoms with Gasteiger partial charge in [0.1, 0.15) is 5.75 Å². The molecule has 1 aliphatic heterocycles. The van der Waals surface area contributed by atoms with Crippen molar-refractivity contribution < 1.29 is 19.1 Å². The lowest BCUT2D eigenvalue weighted by Crippen LogP contribution is -2.33. The van der Waals surface area contributed by atoms with E-state index in [-0.39, 0.29) is 0 Å². The lowest BCUT2D eigenvalue weighted by atomic mass is 10.3. The minimum Gasteiger partial charge on any atom is -0.497 e. The minimum absolute atomic E-state index is 0.322. The molecule has 1 heterocycles. The van der Waals surface area contributed by atoms with Crippen molar-refractivity contribution in [3.8, 4) is 5.75 Å². The van der Waals surface area contributed by atoms with Crippen molar-refractivity contribution in [1.29, 1.82) is 0 Å². The summed E-state index contributed by atoms with van der Waals surface area (Å²) in [6.07, 6.45) is 0. The zero-order valence-electron chi connectivity index (χ0n) is 11.7. The molecule has 6 nitrogen and oxygen atoms in total. The first-order valence-corrected chi connectivity index (χ1v) is 6.55. The summed E-state index contributed by atoms with van der Waals surface area (Å²) in [5.74, 6) is -1.15. The Balaban J connectivity index is 1.98. The van der Waals surface area contributed by atoms with Gasteiger partial charge < -0.3 is 4.74 Å². The fourth-order valence-electron chi connectivity index (χ4n) is 2.23. The predicted molar refractivity (Wildman–Crippen MR) is 79.8 cm³/mol. The molecule has 1 aliphatic rings. The number of benzene rings is 2. The van der Waals surface area contributed by atoms with E-state index in [2.05, 4.69) is 0 Å². The number of amides is 4. The Morgan fingerprint density at radius 1 is 0.727 bits per heavy atom. The van der Waals surface area contributed by atoms with E-state index in [9.17, 15) is 14.4 Å². The van der Waals surface area contributed by atoms with Gasteiger partial charge in [-0.15, -0.1) is 0 Å². The first-order chi connectivity index (χ1) is 10.6. The summed E-state index contributed by atoms with van der Waals surface area (Å²) in [5.41, 5.74) is 0.685. The largest absolute Gasteiger partial charge is 0.497 e. The highest BCUT2D eigenvalue weighted by atomic mass is 16.5. The van der Waals surface area contributed by atoms with E-state index >= 15 is 0 Å². The van der Waals surface area contributed by atoms with Gasteiger partial charge in [0.05, 0.1) is 18.5 Å². The topological polar surface area (TPSA) is 66.9 Å². The monoisotopic (exact) mass is 296 g/mol. The SMILES string of the molecule is COc1ccc(N2C(=O)C(=O)N(c3ccccc3)C2=O)cc1. The van der Waals surface area contributed by atoms with Gasteiger partial charge in [-0.2, -0.15) is 0 Å². The van der Waals surface area contributed by atoms with E-state index in [1.165, 1.54) is 7.11 Å². The summed E-state index contributed by atoms with van der Waals surface area (Å²) >= 11 is 0. The molecule has 3 rings (SSSR count). The van der Waals surface area contributed by atoms with Gasteiger partial charge in [0.2, 0.25) is 0 Å². The van der Waals surface area contributed by atoms with Crippen LogP contribution in [0.15, 0.2) is 54.6 Å². The van der Waals surface area contributed by atoms with Crippen LogP contribution in [0.5, 0.6) is 5.75 Å². The van der Waals surface area contributed by atoms with E-state index in [1.54, 1.807) is 54.6 Å². The molecule has 0 radical (unpaired) electrons. The molecule has 6 heteroatoms. The van der Waals surface area contributed by atoms with Crippen molar-refractivity contribution in [1.82, 2.24) is 0 Å². The standard InChI is InChI=1S/C16H12N2O4/c1-22-13-9-7-12(8-10-13)18-15(20)14(19)17(16(18)21)11-5-3-2-4-6-11/h2-10H,1H3. The van der Waals surface area contributed by atoms with Crippen molar-refractivity contribution >= 4 is 29.2 Å². The Morgan fingerprint density at radius 2 is 1.23 bits per heavy atom. The normalized spacial score (nSPS) is 14.7. The number of urea groups is 1. The Kier molecular flexibility index (Phi) is 3.34. The molecule has 0 N–H and O–H groups in total. The molecule has 110 valence electrons. The second-order valence-electron chi connectivity index (χ2n) is 4.60. The summed E-state index contributed by atoms with van der Waals surface area (Å²) in [6.45, 7) is 0. The molecule has 22 heavy (non-hydrogen) atoms. The van der Waals surface area contributed by atoms with Crippen LogP contribution in [-0.2, 0) is 9.59 Å². The van der Waals surface area contributed by atoms with Gasteiger partial charge >= 0.3 is 17.8 Å². The molecular formula is C16H12N2O4. The second-order valence-corrected chi connectivity index (χ2v) is 4.60. The summed E-state index contributed by atoms with van der Waals surface area (Å²) < 4.78 is 5.03. The summed E-state index contributed by atoms with van der Waals surface area (Å²) in [5, 5.41) is 0. The maximum Gasteiger partial charge on any atom is 0.343 e. The van der Waals surface area contributed by atoms with Crippen molar-refractivity contribution in [2.45, 2.75) is 0 Å². The Labute approximate surface area is 126 Å². The van der Waals surface area contributed by atoms with E-state index in [0.717, 1.165) is 9.80 Å². The number of para-hydroxylation sites is 1. The number of ether oxygens (including phenoxy) is 1. The lowest BCUT2D eigenvalue weighted by molar-refractivity contribution is -0.133. The molecule has 2 aromatic rings. The number of hydrogen-bond donors (Lipinski definition) is 0. The number of hydrogen-bond acceptors (Lipinski definition) is 4. The van der Waals surface area contributed by atoms with E-state index < -0.39 is 17.8 Å². The quantitative estimate of drug-likeness (QED) is 0.643. The molecule has 0 unspecified atom stereocenters. The van der Waals surface area contributed by atoms with Crippen molar-refractivity contribution in [2.24, 2.45) is 0 Å². The van der Waals surface area contributed by atoms with Crippen LogP contribution in [0.3, 0.4) is 0 Å². The maximum atomic E-state index is 12.5. The number of imide groups is 2. The van der Waals surface area contributed by atoms with Crippen LogP contribution in [0.2, 0.25) is 0 Å². The number of carbonyl (C=O) groups excluding carboxylic acids is 3. The van der Waals surface area contributed by atoms with Gasteiger partial charge in [0, 0.05) is 0 Å². The molecule has 0 aliphatic carbocycles. The smallest absolute Gasteiger partial charge is 0.343 e. The first-order valence-electron chi connectivity index (χ1n) is 6.55. The van der Waals surface area contributed by atoms with Crippen LogP contribution in [0.1, 0.15) is 0 Å². The summed E-state index contributed by atoms with van der Waals surface area (Å²) in [7, 11) is 1.52. The number of rotatable bonds is 3. The van der Waals surface area contributed by atoms with Gasteiger partial charge in [-0.05, 0) is 36.4 Å². The van der Waals surface area contributed by atoms with Crippen molar-refractivity contribution in [3.05, 3.63) is 54.6 Å². The third-order valence-corrected chi connectivity index (χ3v) is 3.32. The first kappa shape index (κ1) is 13.8. The predicted octanol–water partition coefficient (Wildman–Crippen LogP) is 2.20. The number of nitrogens with zero attached hydrogens (tertiary/aromatic N) is 2. The molecule has 2 aromatic carbocycles. The fraction of sp³-hybridized carbons (Fsp3) is 0.0625. The minimum atomic E-state index is -0.876. The fourth-order valence-corrected chi connectivity index (χ4v) is 2.23. The average Bonchev–Trinajstić information content (AvgIpc) is 2.78. The summed E-state index contributed by atoms with van der Waals surface area (Å²) in [6, 6.07) is 14.0. The lowest BCUT2D eigenvalue weighted by Gasteiger charge is -2.15. The Bertz CT molecular complexity index is 741. The molecule has 4 amide bonds. The maximum absolute atomic E-state index is 12.5. The summed E-state index contributed by atoms with van der Waals surface area (Å²) in [4.78, 5) is 38.4. The number of carbonyl (C=O) groups is 3. The van der Waals surface area contributed by atoms with Crippen LogP contribution in [0.4, 0.5) is 16.2 Å². The van der Waals surface area contributed by atoms with Crippen molar-refractivity contribution in [2.75, 3.05) is 16.9 Å². The number of methoxy groups -OCH3 is 1. The Morgan fingerprint density at radius 3 is 1.73 bits per heavy atom. The molecular weight excluding hydrogens is 284 g/mol. The van der Waals surface area contributed by atoms with Crippen molar-refractivity contribution in [3.63, 3.8) is 0 Å². The van der Waals surface area contributed by atoms with E-state index in [0.29, 0.717) is 17.1 Å². The highest BCUT2D eigenvalue weighted by Gasteiger charge is 2.46. The molecule has 1 fully saturated rings. The molecule has 0 aromatic heterocycles. The van der Waals surface area contributed by atoms with Gasteiger partial charge in [0.15, 0.2) is 0 Å². The van der Waals surface area contributed by atoms with E-state index in [1.807, 2.05) is 0 Å². The molecule has 1 saturated heterocycles. The van der Waals surface area contributed by atoms with Crippen LogP contribution in [0, 0.1) is 0 Å². The molecule has 0 atom stereocenters. The molecule has 0 bridgehead atoms. The third kappa shape index (κ3) is 2.10. The average molecular weight is 296 g/mol. The zero-order valence-corrected chi connectivity index (χ0v) is 11.7. The van der Waals surface area contributed by atoms with Crippen LogP contribution >= 0.6 is 0 Å². The highest BCUT2D eigenvalue weighted by molar-refractivity contribution is 6.60. The van der Waals surface area contributed by atoms with E-state index in [4.69, 9.17) is 4.74 Å². The Hall–Kier alpha value is -3.15. The van der Waals surface area contributed by atoms with Gasteiger partial charge in [-0.1, -0.05) is 18.2 Å². The van der Waals surface area contributed by atoms with Gasteiger partial charge in [-0.3, -0.25) is 9.59 Å². The highest BCUT2D eigenvalue weighted by Crippen LogP contribution is 2.27. The molecule has 0 spiro atoms. The third-order valence-electron chi connectivity index (χ3n) is 3.32. The van der Waals surface area contributed by atoms with Crippen LogP contribution in [-0.4, -0.2) is 25.0 Å². The zero-order chi connectivity index (χ0) is 15.7. The second kappa shape index (κ2) is 5.33. The molecule has 0 saturated carbocycles. The van der Waals surface area contributed by atoms with Crippen LogP contribution in [0.25, 0.3) is 0 Å².